The summed E-state index contributed by atoms with van der Waals surface area (Å²) in [6.07, 6.45) is 0.871. The lowest BCUT2D eigenvalue weighted by Gasteiger charge is -2.31. The van der Waals surface area contributed by atoms with Crippen molar-refractivity contribution >= 4 is 14.0 Å². The van der Waals surface area contributed by atoms with Crippen LogP contribution in [0.1, 0.15) is 27.2 Å². The maximum atomic E-state index is 11.8. The van der Waals surface area contributed by atoms with Crippen LogP contribution in [0.25, 0.3) is 0 Å². The summed E-state index contributed by atoms with van der Waals surface area (Å²) in [5.74, 6) is -0.0232. The minimum atomic E-state index is -1.21. The Kier molecular flexibility index (Phi) is 4.85. The number of hydrogen-bond donors (Lipinski definition) is 0. The van der Waals surface area contributed by atoms with Gasteiger partial charge in [0.1, 0.15) is 0 Å². The lowest BCUT2D eigenvalue weighted by Crippen LogP contribution is -2.37. The summed E-state index contributed by atoms with van der Waals surface area (Å²) in [5, 5.41) is 0. The molecule has 2 nitrogen and oxygen atoms in total. The quantitative estimate of drug-likeness (QED) is 0.520. The molecule has 0 spiro atoms. The van der Waals surface area contributed by atoms with Gasteiger partial charge in [0.05, 0.1) is 12.0 Å². The van der Waals surface area contributed by atoms with Crippen LogP contribution in [0.5, 0.6) is 0 Å². The van der Waals surface area contributed by atoms with Gasteiger partial charge in [0, 0.05) is 8.07 Å². The molecule has 0 aromatic carbocycles. The molecule has 1 atom stereocenters. The van der Waals surface area contributed by atoms with Gasteiger partial charge < -0.3 is 4.74 Å². The second kappa shape index (κ2) is 4.96. The summed E-state index contributed by atoms with van der Waals surface area (Å²) in [5.41, 5.74) is -0.263. The Bertz CT molecular complexity index is 196. The summed E-state index contributed by atoms with van der Waals surface area (Å²) in [6, 6.07) is 1.01. The van der Waals surface area contributed by atoms with Crippen LogP contribution >= 0.6 is 0 Å². The molecule has 0 N–H and O–H groups in total. The van der Waals surface area contributed by atoms with Crippen LogP contribution in [-0.4, -0.2) is 20.7 Å². The van der Waals surface area contributed by atoms with Gasteiger partial charge in [-0.2, -0.15) is 0 Å². The van der Waals surface area contributed by atoms with Gasteiger partial charge in [-0.15, -0.1) is 0 Å². The fourth-order valence-electron chi connectivity index (χ4n) is 1.82. The van der Waals surface area contributed by atoms with Crippen LogP contribution in [0.2, 0.25) is 25.7 Å². The van der Waals surface area contributed by atoms with Crippen molar-refractivity contribution in [3.8, 4) is 0 Å². The van der Waals surface area contributed by atoms with Gasteiger partial charge in [-0.1, -0.05) is 26.6 Å². The van der Waals surface area contributed by atoms with Gasteiger partial charge in [0.15, 0.2) is 0 Å². The molecule has 0 saturated carbocycles. The molecule has 1 unspecified atom stereocenters. The highest BCUT2D eigenvalue weighted by Gasteiger charge is 2.37. The first-order valence-corrected chi connectivity index (χ1v) is 9.13. The molecule has 0 aliphatic rings. The highest BCUT2D eigenvalue weighted by Crippen LogP contribution is 2.33. The average Bonchev–Trinajstić information content (AvgIpc) is 2.01. The van der Waals surface area contributed by atoms with Gasteiger partial charge in [0.2, 0.25) is 0 Å². The zero-order valence-corrected chi connectivity index (χ0v) is 11.4. The van der Waals surface area contributed by atoms with E-state index in [1.807, 2.05) is 13.8 Å². The van der Waals surface area contributed by atoms with Crippen molar-refractivity contribution in [2.75, 3.05) is 6.61 Å². The molecule has 0 aromatic rings. The van der Waals surface area contributed by atoms with Crippen molar-refractivity contribution in [3.63, 3.8) is 0 Å². The Balaban J connectivity index is 4.54. The predicted octanol–water partition coefficient (Wildman–Crippen LogP) is 3.30. The van der Waals surface area contributed by atoms with Gasteiger partial charge in [-0.05, 0) is 26.3 Å². The Labute approximate surface area is 89.0 Å². The van der Waals surface area contributed by atoms with Crippen LogP contribution in [0.4, 0.5) is 0 Å². The van der Waals surface area contributed by atoms with Gasteiger partial charge in [0.25, 0.3) is 0 Å². The number of ether oxygens (including phenoxy) is 1. The van der Waals surface area contributed by atoms with Crippen molar-refractivity contribution in [3.05, 3.63) is 0 Å². The molecular formula is C11H24O2Si. The second-order valence-corrected chi connectivity index (χ2v) is 10.8. The van der Waals surface area contributed by atoms with Crippen LogP contribution in [0.3, 0.4) is 0 Å². The molecule has 84 valence electrons. The molecule has 0 radical (unpaired) electrons. The van der Waals surface area contributed by atoms with E-state index in [1.54, 1.807) is 0 Å². The number of carbonyl (C=O) groups is 1. The summed E-state index contributed by atoms with van der Waals surface area (Å²) in [6.45, 7) is 13.3. The maximum absolute atomic E-state index is 11.8. The molecule has 0 aliphatic carbocycles. The van der Waals surface area contributed by atoms with Crippen molar-refractivity contribution < 1.29 is 9.53 Å². The second-order valence-electron chi connectivity index (χ2n) is 5.37. The minimum absolute atomic E-state index is 0.0232. The van der Waals surface area contributed by atoms with E-state index in [-0.39, 0.29) is 11.4 Å². The molecule has 0 fully saturated rings. The highest BCUT2D eigenvalue weighted by molar-refractivity contribution is 6.76. The van der Waals surface area contributed by atoms with Crippen molar-refractivity contribution in [1.82, 2.24) is 0 Å². The van der Waals surface area contributed by atoms with E-state index in [0.29, 0.717) is 6.61 Å². The van der Waals surface area contributed by atoms with E-state index < -0.39 is 8.07 Å². The zero-order chi connectivity index (χ0) is 11.4. The molecule has 0 amide bonds. The Hall–Kier alpha value is -0.313. The number of hydrogen-bond acceptors (Lipinski definition) is 2. The SMILES string of the molecule is CCOC(=O)C(C)(CC)C[Si](C)(C)C. The van der Waals surface area contributed by atoms with E-state index >= 15 is 0 Å². The predicted molar refractivity (Wildman–Crippen MR) is 63.2 cm³/mol. The Morgan fingerprint density at radius 3 is 2.07 bits per heavy atom. The molecule has 0 aromatic heterocycles. The van der Waals surface area contributed by atoms with Gasteiger partial charge >= 0.3 is 5.97 Å². The van der Waals surface area contributed by atoms with E-state index in [1.165, 1.54) is 0 Å². The van der Waals surface area contributed by atoms with Crippen molar-refractivity contribution in [2.45, 2.75) is 52.9 Å². The number of carbonyl (C=O) groups excluding carboxylic acids is 1. The van der Waals surface area contributed by atoms with Crippen molar-refractivity contribution in [1.29, 1.82) is 0 Å². The molecule has 3 heteroatoms. The maximum Gasteiger partial charge on any atom is 0.311 e. The smallest absolute Gasteiger partial charge is 0.311 e. The lowest BCUT2D eigenvalue weighted by molar-refractivity contribution is -0.153. The average molecular weight is 216 g/mol. The monoisotopic (exact) mass is 216 g/mol. The first-order valence-electron chi connectivity index (χ1n) is 5.42. The highest BCUT2D eigenvalue weighted by atomic mass is 28.3. The van der Waals surface area contributed by atoms with Crippen LogP contribution in [0.15, 0.2) is 0 Å². The normalized spacial score (nSPS) is 16.1. The van der Waals surface area contributed by atoms with E-state index in [2.05, 4.69) is 26.6 Å². The molecule has 14 heavy (non-hydrogen) atoms. The summed E-state index contributed by atoms with van der Waals surface area (Å²) in [7, 11) is -1.21. The summed E-state index contributed by atoms with van der Waals surface area (Å²) >= 11 is 0. The molecule has 0 saturated heterocycles. The third-order valence-electron chi connectivity index (χ3n) is 2.47. The third-order valence-corrected chi connectivity index (χ3v) is 4.31. The van der Waals surface area contributed by atoms with E-state index in [9.17, 15) is 4.79 Å². The first-order chi connectivity index (χ1) is 6.25. The van der Waals surface area contributed by atoms with Crippen molar-refractivity contribution in [2.24, 2.45) is 5.41 Å². The number of esters is 1. The third kappa shape index (κ3) is 4.27. The molecule has 0 aliphatic heterocycles. The van der Waals surface area contributed by atoms with E-state index in [0.717, 1.165) is 12.5 Å². The Morgan fingerprint density at radius 2 is 1.79 bits per heavy atom. The summed E-state index contributed by atoms with van der Waals surface area (Å²) in [4.78, 5) is 11.8. The van der Waals surface area contributed by atoms with Crippen LogP contribution in [0, 0.1) is 5.41 Å². The fraction of sp³-hybridized carbons (Fsp3) is 0.909. The van der Waals surface area contributed by atoms with E-state index in [4.69, 9.17) is 4.74 Å². The minimum Gasteiger partial charge on any atom is -0.466 e. The largest absolute Gasteiger partial charge is 0.466 e. The van der Waals surface area contributed by atoms with Gasteiger partial charge in [-0.25, -0.2) is 0 Å². The molecular weight excluding hydrogens is 192 g/mol. The van der Waals surface area contributed by atoms with Crippen LogP contribution < -0.4 is 0 Å². The molecule has 0 heterocycles. The topological polar surface area (TPSA) is 26.3 Å². The standard InChI is InChI=1S/C11H24O2Si/c1-7-11(3,9-14(4,5)6)10(12)13-8-2/h7-9H2,1-6H3. The lowest BCUT2D eigenvalue weighted by atomic mass is 9.90. The molecule has 0 bridgehead atoms. The zero-order valence-electron chi connectivity index (χ0n) is 10.4. The first kappa shape index (κ1) is 13.7. The van der Waals surface area contributed by atoms with Gasteiger partial charge in [-0.3, -0.25) is 4.79 Å². The fourth-order valence-corrected chi connectivity index (χ4v) is 4.55. The molecule has 0 rings (SSSR count). The van der Waals surface area contributed by atoms with Crippen LogP contribution in [-0.2, 0) is 9.53 Å². The summed E-state index contributed by atoms with van der Waals surface area (Å²) < 4.78 is 5.13. The number of rotatable bonds is 5. The Morgan fingerprint density at radius 1 is 1.29 bits per heavy atom.